The van der Waals surface area contributed by atoms with E-state index in [4.69, 9.17) is 0 Å². The average Bonchev–Trinajstić information content (AvgIpc) is 2.63. The van der Waals surface area contributed by atoms with Crippen LogP contribution < -0.4 is 10.6 Å². The Labute approximate surface area is 161 Å². The van der Waals surface area contributed by atoms with Gasteiger partial charge >= 0.3 is 0 Å². The Hall–Kier alpha value is -2.66. The van der Waals surface area contributed by atoms with E-state index in [0.717, 1.165) is 16.9 Å². The Morgan fingerprint density at radius 3 is 1.96 bits per heavy atom. The van der Waals surface area contributed by atoms with Crippen LogP contribution in [0, 0.1) is 6.92 Å². The number of anilines is 2. The minimum absolute atomic E-state index is 0.134. The van der Waals surface area contributed by atoms with Crippen LogP contribution >= 0.6 is 0 Å². The third-order valence-corrected chi connectivity index (χ3v) is 4.61. The van der Waals surface area contributed by atoms with Gasteiger partial charge in [0, 0.05) is 11.4 Å². The second-order valence-electron chi connectivity index (χ2n) is 7.27. The van der Waals surface area contributed by atoms with E-state index in [1.165, 1.54) is 5.56 Å². The lowest BCUT2D eigenvalue weighted by Crippen LogP contribution is -2.43. The molecule has 0 aromatic heterocycles. The van der Waals surface area contributed by atoms with Crippen molar-refractivity contribution in [3.05, 3.63) is 59.7 Å². The lowest BCUT2D eigenvalue weighted by molar-refractivity contribution is -0.122. The standard InChI is InChI=1S/C22H29N3O2/c1-15(2)18-8-12-20(13-9-18)24-22(27)17(4)25(5)14-21(26)23-19-10-6-16(3)7-11-19/h6-13,15,17H,14H2,1-5H3,(H,23,26)(H,24,27)/t17-/m1/s1. The molecule has 0 saturated heterocycles. The SMILES string of the molecule is Cc1ccc(NC(=O)CN(C)[C@H](C)C(=O)Nc2ccc(C(C)C)cc2)cc1. The Morgan fingerprint density at radius 2 is 1.41 bits per heavy atom. The number of hydrogen-bond acceptors (Lipinski definition) is 3. The third-order valence-electron chi connectivity index (χ3n) is 4.61. The molecule has 0 radical (unpaired) electrons. The molecule has 0 fully saturated rings. The van der Waals surface area contributed by atoms with Crippen molar-refractivity contribution >= 4 is 23.2 Å². The quantitative estimate of drug-likeness (QED) is 0.777. The van der Waals surface area contributed by atoms with Crippen molar-refractivity contribution in [3.8, 4) is 0 Å². The highest BCUT2D eigenvalue weighted by molar-refractivity contribution is 5.96. The molecule has 2 aromatic carbocycles. The maximum Gasteiger partial charge on any atom is 0.241 e. The fourth-order valence-electron chi connectivity index (χ4n) is 2.60. The summed E-state index contributed by atoms with van der Waals surface area (Å²) in [5.41, 5.74) is 3.87. The Balaban J connectivity index is 1.87. The molecule has 2 rings (SSSR count). The first kappa shape index (κ1) is 20.6. The first-order chi connectivity index (χ1) is 12.8. The summed E-state index contributed by atoms with van der Waals surface area (Å²) < 4.78 is 0. The van der Waals surface area contributed by atoms with E-state index in [0.29, 0.717) is 5.92 Å². The maximum atomic E-state index is 12.5. The highest BCUT2D eigenvalue weighted by atomic mass is 16.2. The van der Waals surface area contributed by atoms with Crippen LogP contribution in [0.2, 0.25) is 0 Å². The van der Waals surface area contributed by atoms with Gasteiger partial charge in [0.2, 0.25) is 11.8 Å². The summed E-state index contributed by atoms with van der Waals surface area (Å²) in [5.74, 6) is 0.159. The number of benzene rings is 2. The number of nitrogens with zero attached hydrogens (tertiary/aromatic N) is 1. The van der Waals surface area contributed by atoms with Gasteiger partial charge in [-0.2, -0.15) is 0 Å². The Morgan fingerprint density at radius 1 is 0.889 bits per heavy atom. The van der Waals surface area contributed by atoms with Crippen molar-refractivity contribution in [1.82, 2.24) is 4.90 Å². The predicted octanol–water partition coefficient (Wildman–Crippen LogP) is 4.02. The zero-order valence-electron chi connectivity index (χ0n) is 16.7. The molecule has 0 spiro atoms. The van der Waals surface area contributed by atoms with E-state index in [1.807, 2.05) is 55.5 Å². The topological polar surface area (TPSA) is 61.4 Å². The van der Waals surface area contributed by atoms with E-state index >= 15 is 0 Å². The Kier molecular flexibility index (Phi) is 7.13. The van der Waals surface area contributed by atoms with Crippen LogP contribution in [0.1, 0.15) is 37.8 Å². The average molecular weight is 367 g/mol. The molecule has 0 bridgehead atoms. The van der Waals surface area contributed by atoms with Crippen molar-refractivity contribution in [2.24, 2.45) is 0 Å². The normalized spacial score (nSPS) is 12.1. The first-order valence-electron chi connectivity index (χ1n) is 9.24. The van der Waals surface area contributed by atoms with Gasteiger partial charge in [-0.15, -0.1) is 0 Å². The highest BCUT2D eigenvalue weighted by Gasteiger charge is 2.20. The molecule has 5 nitrogen and oxygen atoms in total. The van der Waals surface area contributed by atoms with Crippen molar-refractivity contribution in [3.63, 3.8) is 0 Å². The van der Waals surface area contributed by atoms with Gasteiger partial charge in [0.15, 0.2) is 0 Å². The molecule has 0 saturated carbocycles. The van der Waals surface area contributed by atoms with Gasteiger partial charge in [-0.1, -0.05) is 43.7 Å². The van der Waals surface area contributed by atoms with Crippen LogP contribution in [-0.2, 0) is 9.59 Å². The smallest absolute Gasteiger partial charge is 0.241 e. The largest absolute Gasteiger partial charge is 0.325 e. The molecule has 0 aliphatic carbocycles. The molecule has 2 amide bonds. The van der Waals surface area contributed by atoms with Crippen LogP contribution in [-0.4, -0.2) is 36.3 Å². The predicted molar refractivity (Wildman–Crippen MR) is 111 cm³/mol. The Bertz CT molecular complexity index is 767. The summed E-state index contributed by atoms with van der Waals surface area (Å²) in [6.07, 6.45) is 0. The molecule has 1 atom stereocenters. The number of amides is 2. The number of hydrogen-bond donors (Lipinski definition) is 2. The van der Waals surface area contributed by atoms with Gasteiger partial charge in [0.25, 0.3) is 0 Å². The summed E-state index contributed by atoms with van der Waals surface area (Å²) in [6.45, 7) is 8.18. The zero-order chi connectivity index (χ0) is 20.0. The van der Waals surface area contributed by atoms with E-state index in [9.17, 15) is 9.59 Å². The van der Waals surface area contributed by atoms with E-state index in [2.05, 4.69) is 24.5 Å². The summed E-state index contributed by atoms with van der Waals surface area (Å²) in [4.78, 5) is 26.4. The van der Waals surface area contributed by atoms with Crippen LogP contribution in [0.5, 0.6) is 0 Å². The summed E-state index contributed by atoms with van der Waals surface area (Å²) >= 11 is 0. The fraction of sp³-hybridized carbons (Fsp3) is 0.364. The van der Waals surface area contributed by atoms with E-state index < -0.39 is 6.04 Å². The van der Waals surface area contributed by atoms with Crippen molar-refractivity contribution < 1.29 is 9.59 Å². The zero-order valence-corrected chi connectivity index (χ0v) is 16.7. The minimum Gasteiger partial charge on any atom is -0.325 e. The second kappa shape index (κ2) is 9.33. The van der Waals surface area contributed by atoms with Crippen LogP contribution in [0.3, 0.4) is 0 Å². The van der Waals surface area contributed by atoms with Gasteiger partial charge in [-0.3, -0.25) is 14.5 Å². The molecule has 144 valence electrons. The van der Waals surface area contributed by atoms with Crippen molar-refractivity contribution in [2.45, 2.75) is 39.7 Å². The van der Waals surface area contributed by atoms with Crippen molar-refractivity contribution in [1.29, 1.82) is 0 Å². The molecule has 2 aromatic rings. The summed E-state index contributed by atoms with van der Waals surface area (Å²) in [5, 5.41) is 5.75. The number of nitrogens with one attached hydrogen (secondary N) is 2. The molecule has 2 N–H and O–H groups in total. The molecule has 27 heavy (non-hydrogen) atoms. The van der Waals surface area contributed by atoms with E-state index in [1.54, 1.807) is 18.9 Å². The molecule has 0 aliphatic rings. The minimum atomic E-state index is -0.432. The highest BCUT2D eigenvalue weighted by Crippen LogP contribution is 2.17. The second-order valence-corrected chi connectivity index (χ2v) is 7.27. The monoisotopic (exact) mass is 367 g/mol. The molecule has 0 unspecified atom stereocenters. The number of likely N-dealkylation sites (N-methyl/N-ethyl adjacent to an activating group) is 1. The van der Waals surface area contributed by atoms with Gasteiger partial charge in [-0.25, -0.2) is 0 Å². The first-order valence-corrected chi connectivity index (χ1v) is 9.24. The fourth-order valence-corrected chi connectivity index (χ4v) is 2.60. The third kappa shape index (κ3) is 6.22. The van der Waals surface area contributed by atoms with Crippen LogP contribution in [0.15, 0.2) is 48.5 Å². The van der Waals surface area contributed by atoms with Gasteiger partial charge in [0.1, 0.15) is 0 Å². The lowest BCUT2D eigenvalue weighted by Gasteiger charge is -2.23. The van der Waals surface area contributed by atoms with Crippen LogP contribution in [0.4, 0.5) is 11.4 Å². The molecular weight excluding hydrogens is 338 g/mol. The van der Waals surface area contributed by atoms with Gasteiger partial charge in [0.05, 0.1) is 12.6 Å². The van der Waals surface area contributed by atoms with Crippen LogP contribution in [0.25, 0.3) is 0 Å². The molecule has 5 heteroatoms. The maximum absolute atomic E-state index is 12.5. The van der Waals surface area contributed by atoms with Gasteiger partial charge < -0.3 is 10.6 Å². The molecule has 0 heterocycles. The van der Waals surface area contributed by atoms with Gasteiger partial charge in [-0.05, 0) is 56.6 Å². The van der Waals surface area contributed by atoms with Crippen molar-refractivity contribution in [2.75, 3.05) is 24.2 Å². The molecule has 0 aliphatic heterocycles. The lowest BCUT2D eigenvalue weighted by atomic mass is 10.0. The number of rotatable bonds is 7. The molecular formula is C22H29N3O2. The van der Waals surface area contributed by atoms with E-state index in [-0.39, 0.29) is 18.4 Å². The summed E-state index contributed by atoms with van der Waals surface area (Å²) in [7, 11) is 1.76. The summed E-state index contributed by atoms with van der Waals surface area (Å²) in [6, 6.07) is 15.0. The number of carbonyl (C=O) groups excluding carboxylic acids is 2. The number of aryl methyl sites for hydroxylation is 1. The number of carbonyl (C=O) groups is 2.